The molecular formula is C15H23N2O3+. The number of nitrogens with one attached hydrogen (secondary N) is 1. The van der Waals surface area contributed by atoms with E-state index in [1.165, 1.54) is 7.11 Å². The lowest BCUT2D eigenvalue weighted by molar-refractivity contribution is -0.880. The van der Waals surface area contributed by atoms with Gasteiger partial charge in [0.15, 0.2) is 6.54 Å². The molecule has 0 aromatic heterocycles. The number of esters is 1. The first-order chi connectivity index (χ1) is 9.30. The molecule has 5 nitrogen and oxygen atoms in total. The molecule has 110 valence electrons. The minimum absolute atomic E-state index is 0.115. The van der Waals surface area contributed by atoms with E-state index in [-0.39, 0.29) is 5.91 Å². The number of benzene rings is 1. The first kappa shape index (κ1) is 16.2. The Morgan fingerprint density at radius 3 is 2.50 bits per heavy atom. The fraction of sp³-hybridized carbons (Fsp3) is 0.467. The molecule has 0 aliphatic heterocycles. The van der Waals surface area contributed by atoms with Gasteiger partial charge in [0.2, 0.25) is 0 Å². The summed E-state index contributed by atoms with van der Waals surface area (Å²) in [6, 6.07) is 5.26. The van der Waals surface area contributed by atoms with Gasteiger partial charge in [-0.3, -0.25) is 4.79 Å². The molecule has 1 rings (SSSR count). The number of likely N-dealkylation sites (N-methyl/N-ethyl adjacent to an activating group) is 1. The van der Waals surface area contributed by atoms with Crippen molar-refractivity contribution in [3.05, 3.63) is 29.3 Å². The number of aryl methyl sites for hydroxylation is 1. The standard InChI is InChI=1S/C15H22N2O3/c1-6-17(3,4)10-13(18)16-14-11(2)8-7-9-12(14)15(19)20-5/h7-9H,6,10H2,1-5H3/p+1. The molecule has 1 N–H and O–H groups in total. The summed E-state index contributed by atoms with van der Waals surface area (Å²) in [6.45, 7) is 5.08. The van der Waals surface area contributed by atoms with E-state index in [1.54, 1.807) is 12.1 Å². The van der Waals surface area contributed by atoms with E-state index in [2.05, 4.69) is 5.32 Å². The Morgan fingerprint density at radius 1 is 1.30 bits per heavy atom. The number of nitrogens with zero attached hydrogens (tertiary/aromatic N) is 1. The molecule has 0 unspecified atom stereocenters. The topological polar surface area (TPSA) is 55.4 Å². The van der Waals surface area contributed by atoms with Gasteiger partial charge in [-0.1, -0.05) is 12.1 Å². The fourth-order valence-corrected chi connectivity index (χ4v) is 1.79. The summed E-state index contributed by atoms with van der Waals surface area (Å²) in [5.74, 6) is -0.565. The number of para-hydroxylation sites is 1. The number of hydrogen-bond acceptors (Lipinski definition) is 3. The van der Waals surface area contributed by atoms with Gasteiger partial charge in [0.25, 0.3) is 5.91 Å². The average Bonchev–Trinajstić information content (AvgIpc) is 2.39. The van der Waals surface area contributed by atoms with E-state index in [4.69, 9.17) is 4.74 Å². The van der Waals surface area contributed by atoms with Crippen molar-refractivity contribution in [3.63, 3.8) is 0 Å². The molecule has 0 saturated heterocycles. The van der Waals surface area contributed by atoms with Crippen LogP contribution in [0.2, 0.25) is 0 Å². The number of methoxy groups -OCH3 is 1. The van der Waals surface area contributed by atoms with Gasteiger partial charge in [0.05, 0.1) is 39.0 Å². The van der Waals surface area contributed by atoms with Crippen LogP contribution >= 0.6 is 0 Å². The zero-order valence-electron chi connectivity index (χ0n) is 12.8. The highest BCUT2D eigenvalue weighted by Gasteiger charge is 2.21. The van der Waals surface area contributed by atoms with Crippen molar-refractivity contribution < 1.29 is 18.8 Å². The average molecular weight is 279 g/mol. The van der Waals surface area contributed by atoms with Crippen LogP contribution in [0.5, 0.6) is 0 Å². The normalized spacial score (nSPS) is 11.1. The lowest BCUT2D eigenvalue weighted by atomic mass is 10.1. The number of anilines is 1. The highest BCUT2D eigenvalue weighted by atomic mass is 16.5. The lowest BCUT2D eigenvalue weighted by Crippen LogP contribution is -2.45. The van der Waals surface area contributed by atoms with Gasteiger partial charge in [-0.05, 0) is 25.5 Å². The Morgan fingerprint density at radius 2 is 1.95 bits per heavy atom. The van der Waals surface area contributed by atoms with Gasteiger partial charge in [0, 0.05) is 0 Å². The molecule has 1 amide bonds. The van der Waals surface area contributed by atoms with Crippen molar-refractivity contribution >= 4 is 17.6 Å². The predicted octanol–water partition coefficient (Wildman–Crippen LogP) is 1.82. The Kier molecular flexibility index (Phi) is 5.27. The minimum atomic E-state index is -0.451. The third kappa shape index (κ3) is 4.06. The molecule has 0 bridgehead atoms. The SMILES string of the molecule is CC[N+](C)(C)CC(=O)Nc1c(C)cccc1C(=O)OC. The Hall–Kier alpha value is -1.88. The maximum Gasteiger partial charge on any atom is 0.339 e. The zero-order valence-corrected chi connectivity index (χ0v) is 12.8. The number of rotatable bonds is 5. The minimum Gasteiger partial charge on any atom is -0.465 e. The molecule has 0 radical (unpaired) electrons. The highest BCUT2D eigenvalue weighted by molar-refractivity contribution is 6.02. The monoisotopic (exact) mass is 279 g/mol. The van der Waals surface area contributed by atoms with Crippen LogP contribution < -0.4 is 5.32 Å². The van der Waals surface area contributed by atoms with Crippen molar-refractivity contribution in [2.45, 2.75) is 13.8 Å². The van der Waals surface area contributed by atoms with Gasteiger partial charge < -0.3 is 14.5 Å². The summed E-state index contributed by atoms with van der Waals surface area (Å²) in [6.07, 6.45) is 0. The van der Waals surface area contributed by atoms with Crippen LogP contribution in [0.3, 0.4) is 0 Å². The van der Waals surface area contributed by atoms with Crippen molar-refractivity contribution in [1.82, 2.24) is 0 Å². The number of carbonyl (C=O) groups excluding carboxylic acids is 2. The van der Waals surface area contributed by atoms with Gasteiger partial charge in [-0.2, -0.15) is 0 Å². The molecule has 20 heavy (non-hydrogen) atoms. The van der Waals surface area contributed by atoms with Gasteiger partial charge >= 0.3 is 5.97 Å². The van der Waals surface area contributed by atoms with E-state index in [0.29, 0.717) is 22.3 Å². The third-order valence-corrected chi connectivity index (χ3v) is 3.37. The molecule has 0 aliphatic rings. The second-order valence-corrected chi connectivity index (χ2v) is 5.45. The number of hydrogen-bond donors (Lipinski definition) is 1. The number of ether oxygens (including phenoxy) is 1. The van der Waals surface area contributed by atoms with E-state index in [9.17, 15) is 9.59 Å². The van der Waals surface area contributed by atoms with E-state index >= 15 is 0 Å². The molecule has 0 heterocycles. The summed E-state index contributed by atoms with van der Waals surface area (Å²) < 4.78 is 5.33. The molecule has 0 saturated carbocycles. The largest absolute Gasteiger partial charge is 0.465 e. The Balaban J connectivity index is 2.97. The van der Waals surface area contributed by atoms with Crippen LogP contribution in [0.4, 0.5) is 5.69 Å². The van der Waals surface area contributed by atoms with E-state index < -0.39 is 5.97 Å². The van der Waals surface area contributed by atoms with Gasteiger partial charge in [0.1, 0.15) is 0 Å². The molecule has 0 spiro atoms. The molecule has 1 aromatic carbocycles. The second-order valence-electron chi connectivity index (χ2n) is 5.45. The van der Waals surface area contributed by atoms with Crippen LogP contribution in [0.15, 0.2) is 18.2 Å². The summed E-state index contributed by atoms with van der Waals surface area (Å²) in [5.41, 5.74) is 1.74. The van der Waals surface area contributed by atoms with Gasteiger partial charge in [-0.15, -0.1) is 0 Å². The first-order valence-corrected chi connectivity index (χ1v) is 6.60. The number of carbonyl (C=O) groups is 2. The Labute approximate surface area is 120 Å². The number of amides is 1. The first-order valence-electron chi connectivity index (χ1n) is 6.60. The molecular weight excluding hydrogens is 256 g/mol. The summed E-state index contributed by atoms with van der Waals surface area (Å²) in [5, 5.41) is 2.83. The van der Waals surface area contributed by atoms with E-state index in [0.717, 1.165) is 12.1 Å². The van der Waals surface area contributed by atoms with Crippen LogP contribution in [0.25, 0.3) is 0 Å². The molecule has 0 atom stereocenters. The van der Waals surface area contributed by atoms with Crippen molar-refractivity contribution in [2.24, 2.45) is 0 Å². The number of quaternary nitrogens is 1. The van der Waals surface area contributed by atoms with Crippen LogP contribution in [-0.2, 0) is 9.53 Å². The quantitative estimate of drug-likeness (QED) is 0.660. The van der Waals surface area contributed by atoms with Crippen LogP contribution in [0, 0.1) is 6.92 Å². The highest BCUT2D eigenvalue weighted by Crippen LogP contribution is 2.21. The maximum absolute atomic E-state index is 12.1. The summed E-state index contributed by atoms with van der Waals surface area (Å²) in [4.78, 5) is 23.9. The van der Waals surface area contributed by atoms with Crippen LogP contribution in [-0.4, -0.2) is 50.7 Å². The zero-order chi connectivity index (χ0) is 15.3. The summed E-state index contributed by atoms with van der Waals surface area (Å²) >= 11 is 0. The fourth-order valence-electron chi connectivity index (χ4n) is 1.79. The predicted molar refractivity (Wildman–Crippen MR) is 78.7 cm³/mol. The molecule has 1 aromatic rings. The molecule has 0 aliphatic carbocycles. The smallest absolute Gasteiger partial charge is 0.339 e. The summed E-state index contributed by atoms with van der Waals surface area (Å²) in [7, 11) is 5.30. The van der Waals surface area contributed by atoms with Crippen LogP contribution in [0.1, 0.15) is 22.8 Å². The second kappa shape index (κ2) is 6.52. The maximum atomic E-state index is 12.1. The van der Waals surface area contributed by atoms with Gasteiger partial charge in [-0.25, -0.2) is 4.79 Å². The molecule has 5 heteroatoms. The lowest BCUT2D eigenvalue weighted by Gasteiger charge is -2.27. The third-order valence-electron chi connectivity index (χ3n) is 3.37. The van der Waals surface area contributed by atoms with Crippen molar-refractivity contribution in [3.8, 4) is 0 Å². The Bertz CT molecular complexity index is 510. The van der Waals surface area contributed by atoms with Crippen molar-refractivity contribution in [2.75, 3.05) is 39.6 Å². The van der Waals surface area contributed by atoms with Crippen molar-refractivity contribution in [1.29, 1.82) is 0 Å². The molecule has 0 fully saturated rings. The van der Waals surface area contributed by atoms with E-state index in [1.807, 2.05) is 34.0 Å².